The number of hydrogen-bond donors (Lipinski definition) is 0. The highest BCUT2D eigenvalue weighted by atomic mass is 16.1. The lowest BCUT2D eigenvalue weighted by Gasteiger charge is -2.03. The van der Waals surface area contributed by atoms with E-state index in [0.717, 1.165) is 63.4 Å². The molecule has 0 unspecified atom stereocenters. The molecular weight excluding hydrogens is 1500 g/mol. The fraction of sp³-hybridized carbons (Fsp3) is 0.134. The van der Waals surface area contributed by atoms with Gasteiger partial charge in [0.25, 0.3) is 0 Å². The van der Waals surface area contributed by atoms with Crippen LogP contribution in [-0.4, -0.2) is 5.78 Å². The minimum Gasteiger partial charge on any atom is -0.289 e. The van der Waals surface area contributed by atoms with Crippen LogP contribution >= 0.6 is 0 Å². The quantitative estimate of drug-likeness (QED) is 0.0332. The predicted octanol–water partition coefficient (Wildman–Crippen LogP) is 32.9. The zero-order valence-electron chi connectivity index (χ0n) is 74.4. The summed E-state index contributed by atoms with van der Waals surface area (Å²) in [6.07, 6.45) is 9.82. The summed E-state index contributed by atoms with van der Waals surface area (Å²) in [5.41, 5.74) is 38.0. The topological polar surface area (TPSA) is 66.5 Å². The van der Waals surface area contributed by atoms with Crippen molar-refractivity contribution < 1.29 is 4.79 Å². The molecule has 16 aromatic rings. The van der Waals surface area contributed by atoms with Gasteiger partial charge in [-0.2, -0.15) is 20.5 Å². The van der Waals surface area contributed by atoms with Crippen LogP contribution in [0.25, 0.3) is 40.5 Å². The van der Waals surface area contributed by atoms with Crippen molar-refractivity contribution in [3.8, 4) is 34.1 Å². The van der Waals surface area contributed by atoms with Gasteiger partial charge in [0.05, 0.1) is 22.7 Å². The first kappa shape index (κ1) is 91.7. The third-order valence-corrected chi connectivity index (χ3v) is 20.2. The number of azo groups is 2. The van der Waals surface area contributed by atoms with Gasteiger partial charge in [-0.3, -0.25) is 4.79 Å². The largest absolute Gasteiger partial charge is 0.289 e. The van der Waals surface area contributed by atoms with Gasteiger partial charge >= 0.3 is 0 Å². The minimum absolute atomic E-state index is 0.0376. The SMILES string of the molecule is Cc1ccc(-c2ccc(N=Nc3ccc(-c4ccc(C)cc4)cc3)cc2)cc1.Cc1ccc(C#Cc2ccc(C)cc2)cc1.Cc1ccc(C=CC(=O)c2ccc(C)cc2)cc1.Cc1ccc(C=Cc2ccc(C)cc2)cc1.Cc1ccc(Cc2cccc(C)c2)cc1.Cc1ccc(N=Nc2ccc(C)cc2)cc1.Cc1cccc(Cc2cccc(C)c2)c1. The maximum absolute atomic E-state index is 11.9. The van der Waals surface area contributed by atoms with Crippen molar-refractivity contribution in [2.24, 2.45) is 20.5 Å². The molecule has 16 aromatic carbocycles. The smallest absolute Gasteiger partial charge is 0.185 e. The summed E-state index contributed by atoms with van der Waals surface area (Å²) in [7, 11) is 0. The van der Waals surface area contributed by atoms with Crippen molar-refractivity contribution in [3.63, 3.8) is 0 Å². The Balaban J connectivity index is 0.000000153. The molecule has 16 rings (SSSR count). The summed E-state index contributed by atoms with van der Waals surface area (Å²) in [5.74, 6) is 6.35. The summed E-state index contributed by atoms with van der Waals surface area (Å²) < 4.78 is 0. The Morgan fingerprint density at radius 3 is 0.718 bits per heavy atom. The summed E-state index contributed by atoms with van der Waals surface area (Å²) in [4.78, 5) is 11.9. The van der Waals surface area contributed by atoms with E-state index in [4.69, 9.17) is 0 Å². The summed E-state index contributed by atoms with van der Waals surface area (Å²) in [5, 5.41) is 17.1. The highest BCUT2D eigenvalue weighted by Crippen LogP contribution is 2.28. The molecule has 0 spiro atoms. The molecule has 0 heterocycles. The highest BCUT2D eigenvalue weighted by molar-refractivity contribution is 6.06. The third-order valence-electron chi connectivity index (χ3n) is 20.2. The Labute approximate surface area is 738 Å². The third kappa shape index (κ3) is 33.6. The van der Waals surface area contributed by atoms with Crippen LogP contribution in [0.1, 0.15) is 138 Å². The molecule has 0 N–H and O–H groups in total. The average molecular weight is 1620 g/mol. The van der Waals surface area contributed by atoms with E-state index < -0.39 is 0 Å². The van der Waals surface area contributed by atoms with Crippen LogP contribution in [0.15, 0.2) is 415 Å². The van der Waals surface area contributed by atoms with Crippen LogP contribution in [0.5, 0.6) is 0 Å². The lowest BCUT2D eigenvalue weighted by Crippen LogP contribution is -1.93. The van der Waals surface area contributed by atoms with E-state index >= 15 is 0 Å². The molecule has 0 fully saturated rings. The Morgan fingerprint density at radius 2 is 0.435 bits per heavy atom. The van der Waals surface area contributed by atoms with Gasteiger partial charge in [0.1, 0.15) is 0 Å². The Bertz CT molecular complexity index is 5750. The van der Waals surface area contributed by atoms with Crippen LogP contribution in [0.2, 0.25) is 0 Å². The number of carbonyl (C=O) groups excluding carboxylic acids is 1. The Morgan fingerprint density at radius 1 is 0.218 bits per heavy atom. The fourth-order valence-electron chi connectivity index (χ4n) is 12.7. The number of allylic oxidation sites excluding steroid dienone is 1. The zero-order valence-corrected chi connectivity index (χ0v) is 74.4. The van der Waals surface area contributed by atoms with Gasteiger partial charge in [0.2, 0.25) is 0 Å². The number of nitrogens with zero attached hydrogens (tertiary/aromatic N) is 4. The highest BCUT2D eigenvalue weighted by Gasteiger charge is 2.05. The summed E-state index contributed by atoms with van der Waals surface area (Å²) in [6.45, 7) is 29.3. The van der Waals surface area contributed by atoms with Crippen LogP contribution in [-0.2, 0) is 12.8 Å². The number of benzene rings is 16. The molecule has 0 aliphatic rings. The van der Waals surface area contributed by atoms with Gasteiger partial charge in [-0.25, -0.2) is 0 Å². The monoisotopic (exact) mass is 1610 g/mol. The number of ketones is 1. The molecule has 0 aliphatic heterocycles. The van der Waals surface area contributed by atoms with E-state index in [-0.39, 0.29) is 5.78 Å². The number of carbonyl (C=O) groups is 1. The van der Waals surface area contributed by atoms with Crippen molar-refractivity contribution in [1.82, 2.24) is 0 Å². The number of rotatable bonds is 15. The molecular formula is C119H114N4O. The zero-order chi connectivity index (χ0) is 87.8. The van der Waals surface area contributed by atoms with Crippen molar-refractivity contribution in [3.05, 3.63) is 528 Å². The molecule has 0 bridgehead atoms. The van der Waals surface area contributed by atoms with Gasteiger partial charge < -0.3 is 0 Å². The Hall–Kier alpha value is -14.6. The van der Waals surface area contributed by atoms with Gasteiger partial charge in [0.15, 0.2) is 5.78 Å². The van der Waals surface area contributed by atoms with Crippen molar-refractivity contribution in [2.45, 2.75) is 110 Å². The predicted molar refractivity (Wildman–Crippen MR) is 530 cm³/mol. The second-order valence-corrected chi connectivity index (χ2v) is 31.8. The van der Waals surface area contributed by atoms with Crippen LogP contribution in [0.3, 0.4) is 0 Å². The van der Waals surface area contributed by atoms with Gasteiger partial charge in [-0.05, 0) is 250 Å². The van der Waals surface area contributed by atoms with Crippen molar-refractivity contribution in [2.75, 3.05) is 0 Å². The fourth-order valence-corrected chi connectivity index (χ4v) is 12.7. The minimum atomic E-state index is 0.0376. The molecule has 0 saturated heterocycles. The van der Waals surface area contributed by atoms with Crippen LogP contribution in [0, 0.1) is 109 Å². The molecule has 0 radical (unpaired) electrons. The van der Waals surface area contributed by atoms with Crippen LogP contribution < -0.4 is 0 Å². The molecule has 0 atom stereocenters. The maximum atomic E-state index is 11.9. The summed E-state index contributed by atoms with van der Waals surface area (Å²) >= 11 is 0. The number of hydrogen-bond acceptors (Lipinski definition) is 5. The molecule has 124 heavy (non-hydrogen) atoms. The van der Waals surface area contributed by atoms with Crippen LogP contribution in [0.4, 0.5) is 22.7 Å². The normalized spacial score (nSPS) is 10.6. The first-order valence-electron chi connectivity index (χ1n) is 42.4. The van der Waals surface area contributed by atoms with E-state index in [1.165, 1.54) is 128 Å². The number of aryl methyl sites for hydroxylation is 14. The lowest BCUT2D eigenvalue weighted by atomic mass is 10.0. The van der Waals surface area contributed by atoms with E-state index in [0.29, 0.717) is 0 Å². The molecule has 0 saturated carbocycles. The van der Waals surface area contributed by atoms with E-state index in [1.54, 1.807) is 6.08 Å². The molecule has 0 amide bonds. The van der Waals surface area contributed by atoms with E-state index in [1.807, 2.05) is 141 Å². The molecule has 0 aliphatic carbocycles. The molecule has 5 heteroatoms. The first-order valence-corrected chi connectivity index (χ1v) is 42.4. The first-order chi connectivity index (χ1) is 60.0. The average Bonchev–Trinajstić information content (AvgIpc) is 0.848. The van der Waals surface area contributed by atoms with Crippen molar-refractivity contribution >= 4 is 46.8 Å². The molecule has 616 valence electrons. The molecule has 5 nitrogen and oxygen atoms in total. The van der Waals surface area contributed by atoms with Crippen molar-refractivity contribution in [1.29, 1.82) is 0 Å². The summed E-state index contributed by atoms with van der Waals surface area (Å²) in [6, 6.07) is 134. The molecule has 0 aromatic heterocycles. The standard InChI is InChI=1S/C26H22N2.C17H16O.C16H16.C16H14.2C15H16.C14H14N2/c1-19-3-7-21(8-4-19)23-11-15-25(16-12-23)27-28-26-17-13-24(14-18-26)22-9-5-20(2)6-10-22;1-13-3-7-15(8-4-13)9-12-17(18)16-10-5-14(2)6-11-16;2*1-13-3-7-15(8-4-13)11-12-16-9-5-14(2)6-10-16;1-12-5-3-7-14(9-12)11-15-8-4-6-13(2)10-15;1-12-6-8-14(9-7-12)11-15-5-3-4-13(2)10-15;1-11-3-7-13(8-4-11)15-16-14-9-5-12(2)6-10-14/h3-18H,1-2H3;3-12H,1-2H3;3-12H,1-2H3;3-10H,1-2H3;2*3-10H,11H2,1-2H3;3-10H,1-2H3. The maximum Gasteiger partial charge on any atom is 0.185 e. The van der Waals surface area contributed by atoms with E-state index in [2.05, 4.69) is 394 Å². The van der Waals surface area contributed by atoms with E-state index in [9.17, 15) is 4.79 Å². The second-order valence-electron chi connectivity index (χ2n) is 31.8. The van der Waals surface area contributed by atoms with Gasteiger partial charge in [-0.1, -0.05) is 423 Å². The Kier molecular flexibility index (Phi) is 36.0. The second kappa shape index (κ2) is 48.6. The lowest BCUT2D eigenvalue weighted by molar-refractivity contribution is 0.104. The van der Waals surface area contributed by atoms with Gasteiger partial charge in [-0.15, -0.1) is 0 Å². The van der Waals surface area contributed by atoms with Gasteiger partial charge in [0, 0.05) is 16.7 Å².